The topological polar surface area (TPSA) is 64.0 Å². The minimum atomic E-state index is -0.265. The van der Waals surface area contributed by atoms with Crippen molar-refractivity contribution in [1.82, 2.24) is 14.9 Å². The Labute approximate surface area is 143 Å². The maximum Gasteiger partial charge on any atom is 0.261 e. The molecule has 0 aliphatic heterocycles. The molecule has 3 rings (SSSR count). The van der Waals surface area contributed by atoms with Crippen LogP contribution in [0.3, 0.4) is 0 Å². The molecular weight excluding hydrogens is 326 g/mol. The molecule has 0 spiro atoms. The summed E-state index contributed by atoms with van der Waals surface area (Å²) in [6.07, 6.45) is 1.37. The lowest BCUT2D eigenvalue weighted by Crippen LogP contribution is -2.33. The highest BCUT2D eigenvalue weighted by Crippen LogP contribution is 2.14. The molecule has 0 fully saturated rings. The molecule has 2 aromatic carbocycles. The van der Waals surface area contributed by atoms with E-state index < -0.39 is 0 Å². The van der Waals surface area contributed by atoms with E-state index in [0.717, 1.165) is 5.56 Å². The molecule has 1 heterocycles. The summed E-state index contributed by atoms with van der Waals surface area (Å²) < 4.78 is 1.29. The number of benzene rings is 2. The van der Waals surface area contributed by atoms with Crippen molar-refractivity contribution < 1.29 is 4.79 Å². The molecule has 1 unspecified atom stereocenters. The smallest absolute Gasteiger partial charge is 0.261 e. The summed E-state index contributed by atoms with van der Waals surface area (Å²) in [4.78, 5) is 28.8. The normalized spacial score (nSPS) is 12.1. The van der Waals surface area contributed by atoms with Crippen molar-refractivity contribution in [2.24, 2.45) is 0 Å². The summed E-state index contributed by atoms with van der Waals surface area (Å²) in [6.45, 7) is 1.82. The van der Waals surface area contributed by atoms with Crippen molar-refractivity contribution in [3.05, 3.63) is 75.8 Å². The van der Waals surface area contributed by atoms with Crippen molar-refractivity contribution in [2.75, 3.05) is 0 Å². The standard InChI is InChI=1S/C18H16ClN3O2/c1-12(13-5-3-2-4-6-13)21-17(23)10-22-11-20-16-9-14(19)7-8-15(16)18(22)24/h2-9,11-12H,10H2,1H3,(H,21,23). The molecule has 24 heavy (non-hydrogen) atoms. The molecule has 1 N–H and O–H groups in total. The van der Waals surface area contributed by atoms with Crippen LogP contribution in [0.2, 0.25) is 5.02 Å². The molecule has 0 aliphatic rings. The van der Waals surface area contributed by atoms with Crippen LogP contribution in [0.5, 0.6) is 0 Å². The largest absolute Gasteiger partial charge is 0.348 e. The quantitative estimate of drug-likeness (QED) is 0.793. The van der Waals surface area contributed by atoms with Gasteiger partial charge in [-0.2, -0.15) is 0 Å². The summed E-state index contributed by atoms with van der Waals surface area (Å²) in [5.74, 6) is -0.247. The van der Waals surface area contributed by atoms with Gasteiger partial charge in [-0.05, 0) is 30.7 Å². The van der Waals surface area contributed by atoms with Crippen LogP contribution in [0.1, 0.15) is 18.5 Å². The van der Waals surface area contributed by atoms with Gasteiger partial charge < -0.3 is 5.32 Å². The van der Waals surface area contributed by atoms with E-state index in [9.17, 15) is 9.59 Å². The van der Waals surface area contributed by atoms with Crippen molar-refractivity contribution >= 4 is 28.4 Å². The highest BCUT2D eigenvalue weighted by Gasteiger charge is 2.12. The molecule has 3 aromatic rings. The summed E-state index contributed by atoms with van der Waals surface area (Å²) in [5.41, 5.74) is 1.26. The fourth-order valence-corrected chi connectivity index (χ4v) is 2.68. The second kappa shape index (κ2) is 6.84. The zero-order valence-corrected chi connectivity index (χ0v) is 13.8. The van der Waals surface area contributed by atoms with Gasteiger partial charge in [0.2, 0.25) is 5.91 Å². The first-order valence-electron chi connectivity index (χ1n) is 7.53. The van der Waals surface area contributed by atoms with Crippen LogP contribution in [0.25, 0.3) is 10.9 Å². The van der Waals surface area contributed by atoms with E-state index in [1.165, 1.54) is 10.9 Å². The van der Waals surface area contributed by atoms with Crippen LogP contribution in [-0.2, 0) is 11.3 Å². The van der Waals surface area contributed by atoms with Gasteiger partial charge in [-0.15, -0.1) is 0 Å². The fourth-order valence-electron chi connectivity index (χ4n) is 2.51. The highest BCUT2D eigenvalue weighted by atomic mass is 35.5. The minimum absolute atomic E-state index is 0.0818. The van der Waals surface area contributed by atoms with Crippen LogP contribution in [0.4, 0.5) is 0 Å². The number of nitrogens with zero attached hydrogens (tertiary/aromatic N) is 2. The van der Waals surface area contributed by atoms with Gasteiger partial charge in [0.1, 0.15) is 6.54 Å². The first-order valence-corrected chi connectivity index (χ1v) is 7.91. The number of amides is 1. The van der Waals surface area contributed by atoms with Gasteiger partial charge in [0, 0.05) is 5.02 Å². The van der Waals surface area contributed by atoms with Crippen LogP contribution >= 0.6 is 11.6 Å². The Morgan fingerprint density at radius 2 is 2.00 bits per heavy atom. The van der Waals surface area contributed by atoms with Crippen LogP contribution in [0.15, 0.2) is 59.7 Å². The van der Waals surface area contributed by atoms with Crippen molar-refractivity contribution in [2.45, 2.75) is 19.5 Å². The van der Waals surface area contributed by atoms with Crippen molar-refractivity contribution in [3.8, 4) is 0 Å². The van der Waals surface area contributed by atoms with E-state index in [1.807, 2.05) is 37.3 Å². The van der Waals surface area contributed by atoms with E-state index in [0.29, 0.717) is 15.9 Å². The molecular formula is C18H16ClN3O2. The number of rotatable bonds is 4. The molecule has 0 radical (unpaired) electrons. The van der Waals surface area contributed by atoms with Crippen LogP contribution in [0, 0.1) is 0 Å². The van der Waals surface area contributed by atoms with E-state index >= 15 is 0 Å². The summed E-state index contributed by atoms with van der Waals surface area (Å²) in [5, 5.41) is 3.83. The molecule has 6 heteroatoms. The monoisotopic (exact) mass is 341 g/mol. The van der Waals surface area contributed by atoms with E-state index in [4.69, 9.17) is 11.6 Å². The van der Waals surface area contributed by atoms with Crippen LogP contribution < -0.4 is 10.9 Å². The Kier molecular flexibility index (Phi) is 4.62. The average molecular weight is 342 g/mol. The van der Waals surface area contributed by atoms with E-state index in [2.05, 4.69) is 10.3 Å². The zero-order valence-electron chi connectivity index (χ0n) is 13.1. The van der Waals surface area contributed by atoms with Gasteiger partial charge >= 0.3 is 0 Å². The zero-order chi connectivity index (χ0) is 17.1. The van der Waals surface area contributed by atoms with Gasteiger partial charge in [0.05, 0.1) is 23.3 Å². The Bertz CT molecular complexity index is 938. The van der Waals surface area contributed by atoms with E-state index in [-0.39, 0.29) is 24.1 Å². The first kappa shape index (κ1) is 16.2. The predicted molar refractivity (Wildman–Crippen MR) is 94.0 cm³/mol. The Morgan fingerprint density at radius 3 is 2.75 bits per heavy atom. The number of hydrogen-bond donors (Lipinski definition) is 1. The lowest BCUT2D eigenvalue weighted by atomic mass is 10.1. The third kappa shape index (κ3) is 3.46. The Morgan fingerprint density at radius 1 is 1.25 bits per heavy atom. The first-order chi connectivity index (χ1) is 11.5. The van der Waals surface area contributed by atoms with Gasteiger partial charge in [-0.25, -0.2) is 4.98 Å². The molecule has 0 aliphatic carbocycles. The molecule has 0 bridgehead atoms. The highest BCUT2D eigenvalue weighted by molar-refractivity contribution is 6.31. The lowest BCUT2D eigenvalue weighted by Gasteiger charge is -2.15. The number of carbonyl (C=O) groups excluding carboxylic acids is 1. The van der Waals surface area contributed by atoms with Gasteiger partial charge in [-0.3, -0.25) is 14.2 Å². The number of aromatic nitrogens is 2. The Balaban J connectivity index is 1.77. The van der Waals surface area contributed by atoms with Crippen molar-refractivity contribution in [1.29, 1.82) is 0 Å². The minimum Gasteiger partial charge on any atom is -0.348 e. The number of hydrogen-bond acceptors (Lipinski definition) is 3. The van der Waals surface area contributed by atoms with Crippen molar-refractivity contribution in [3.63, 3.8) is 0 Å². The number of carbonyl (C=O) groups is 1. The number of halogens is 1. The van der Waals surface area contributed by atoms with E-state index in [1.54, 1.807) is 18.2 Å². The third-order valence-electron chi connectivity index (χ3n) is 3.78. The van der Waals surface area contributed by atoms with Gasteiger partial charge in [-0.1, -0.05) is 41.9 Å². The molecule has 1 aromatic heterocycles. The summed E-state index contributed by atoms with van der Waals surface area (Å²) >= 11 is 5.90. The Hall–Kier alpha value is -2.66. The van der Waals surface area contributed by atoms with Gasteiger partial charge in [0.25, 0.3) is 5.56 Å². The maximum absolute atomic E-state index is 12.4. The maximum atomic E-state index is 12.4. The fraction of sp³-hybridized carbons (Fsp3) is 0.167. The second-order valence-electron chi connectivity index (χ2n) is 5.54. The molecule has 0 saturated carbocycles. The SMILES string of the molecule is CC(NC(=O)Cn1cnc2cc(Cl)ccc2c1=O)c1ccccc1. The molecule has 1 amide bonds. The second-order valence-corrected chi connectivity index (χ2v) is 5.98. The van der Waals surface area contributed by atoms with Crippen LogP contribution in [-0.4, -0.2) is 15.5 Å². The molecule has 5 nitrogen and oxygen atoms in total. The predicted octanol–water partition coefficient (Wildman–Crippen LogP) is 2.93. The number of fused-ring (bicyclic) bond motifs is 1. The summed E-state index contributed by atoms with van der Waals surface area (Å²) in [7, 11) is 0. The molecule has 1 atom stereocenters. The third-order valence-corrected chi connectivity index (χ3v) is 4.01. The molecule has 0 saturated heterocycles. The van der Waals surface area contributed by atoms with Gasteiger partial charge in [0.15, 0.2) is 0 Å². The number of nitrogens with one attached hydrogen (secondary N) is 1. The molecule has 122 valence electrons. The summed E-state index contributed by atoms with van der Waals surface area (Å²) in [6, 6.07) is 14.4. The average Bonchev–Trinajstić information content (AvgIpc) is 2.58. The lowest BCUT2D eigenvalue weighted by molar-refractivity contribution is -0.122.